The molecule has 3 rings (SSSR count). The summed E-state index contributed by atoms with van der Waals surface area (Å²) in [5.41, 5.74) is 2.40. The predicted octanol–water partition coefficient (Wildman–Crippen LogP) is 2.23. The molecular formula is C16H22N4. The van der Waals surface area contributed by atoms with Gasteiger partial charge in [0.2, 0.25) is 0 Å². The number of rotatable bonds is 3. The summed E-state index contributed by atoms with van der Waals surface area (Å²) >= 11 is 0. The molecule has 1 aromatic carbocycles. The van der Waals surface area contributed by atoms with E-state index in [9.17, 15) is 0 Å². The Morgan fingerprint density at radius 2 is 2.00 bits per heavy atom. The van der Waals surface area contributed by atoms with Crippen LogP contribution in [0.2, 0.25) is 0 Å². The van der Waals surface area contributed by atoms with E-state index in [1.165, 1.54) is 12.0 Å². The molecule has 1 aliphatic heterocycles. The molecule has 0 aliphatic carbocycles. The maximum atomic E-state index is 4.50. The molecule has 0 amide bonds. The minimum Gasteiger partial charge on any atom is -0.315 e. The third-order valence-electron chi connectivity index (χ3n) is 4.03. The fourth-order valence-electron chi connectivity index (χ4n) is 2.74. The third-order valence-corrected chi connectivity index (χ3v) is 4.03. The zero-order chi connectivity index (χ0) is 13.8. The minimum absolute atomic E-state index is 0.423. The average molecular weight is 270 g/mol. The molecule has 2 aromatic rings. The van der Waals surface area contributed by atoms with Crippen molar-refractivity contribution in [3.8, 4) is 5.69 Å². The van der Waals surface area contributed by atoms with E-state index in [0.29, 0.717) is 6.04 Å². The molecule has 0 bridgehead atoms. The van der Waals surface area contributed by atoms with Crippen LogP contribution in [0.4, 0.5) is 0 Å². The lowest BCUT2D eigenvalue weighted by Crippen LogP contribution is -2.30. The quantitative estimate of drug-likeness (QED) is 0.928. The van der Waals surface area contributed by atoms with Gasteiger partial charge in [0.1, 0.15) is 0 Å². The third kappa shape index (κ3) is 2.92. The van der Waals surface area contributed by atoms with Gasteiger partial charge in [0.05, 0.1) is 11.9 Å². The largest absolute Gasteiger partial charge is 0.315 e. The first-order valence-electron chi connectivity index (χ1n) is 7.39. The Hall–Kier alpha value is -1.65. The number of para-hydroxylation sites is 1. The normalized spacial score (nSPS) is 18.6. The van der Waals surface area contributed by atoms with E-state index >= 15 is 0 Å². The number of hydrogen-bond acceptors (Lipinski definition) is 3. The van der Waals surface area contributed by atoms with Crippen LogP contribution in [-0.2, 0) is 0 Å². The summed E-state index contributed by atoms with van der Waals surface area (Å²) in [7, 11) is 0. The van der Waals surface area contributed by atoms with Gasteiger partial charge in [-0.15, -0.1) is 0 Å². The Balaban J connectivity index is 1.75. The highest BCUT2D eigenvalue weighted by Gasteiger charge is 2.18. The molecule has 4 nitrogen and oxygen atoms in total. The van der Waals surface area contributed by atoms with E-state index < -0.39 is 0 Å². The monoisotopic (exact) mass is 270 g/mol. The molecule has 1 N–H and O–H groups in total. The van der Waals surface area contributed by atoms with E-state index in [1.54, 1.807) is 0 Å². The van der Waals surface area contributed by atoms with E-state index in [1.807, 2.05) is 29.1 Å². The molecule has 106 valence electrons. The molecule has 1 atom stereocenters. The van der Waals surface area contributed by atoms with Crippen molar-refractivity contribution in [3.63, 3.8) is 0 Å². The zero-order valence-corrected chi connectivity index (χ0v) is 12.0. The van der Waals surface area contributed by atoms with Crippen LogP contribution in [-0.4, -0.2) is 40.9 Å². The Morgan fingerprint density at radius 1 is 1.15 bits per heavy atom. The Morgan fingerprint density at radius 3 is 2.85 bits per heavy atom. The van der Waals surface area contributed by atoms with Crippen molar-refractivity contribution in [1.29, 1.82) is 0 Å². The second kappa shape index (κ2) is 6.20. The Kier molecular flexibility index (Phi) is 4.14. The van der Waals surface area contributed by atoms with Gasteiger partial charge in [0, 0.05) is 30.9 Å². The molecule has 0 radical (unpaired) electrons. The molecule has 1 aromatic heterocycles. The summed E-state index contributed by atoms with van der Waals surface area (Å²) in [6, 6.07) is 10.7. The van der Waals surface area contributed by atoms with E-state index in [2.05, 4.69) is 40.6 Å². The maximum absolute atomic E-state index is 4.50. The average Bonchev–Trinajstić information content (AvgIpc) is 2.83. The second-order valence-corrected chi connectivity index (χ2v) is 5.37. The van der Waals surface area contributed by atoms with Crippen LogP contribution < -0.4 is 5.32 Å². The van der Waals surface area contributed by atoms with Crippen molar-refractivity contribution < 1.29 is 0 Å². The lowest BCUT2D eigenvalue weighted by Gasteiger charge is -2.26. The molecule has 1 aliphatic rings. The van der Waals surface area contributed by atoms with Crippen molar-refractivity contribution in [2.45, 2.75) is 19.4 Å². The van der Waals surface area contributed by atoms with Gasteiger partial charge < -0.3 is 5.32 Å². The lowest BCUT2D eigenvalue weighted by atomic mass is 10.1. The number of nitrogens with one attached hydrogen (secondary N) is 1. The van der Waals surface area contributed by atoms with Crippen molar-refractivity contribution in [2.24, 2.45) is 0 Å². The van der Waals surface area contributed by atoms with Crippen LogP contribution >= 0.6 is 0 Å². The van der Waals surface area contributed by atoms with E-state index in [0.717, 1.165) is 31.9 Å². The highest BCUT2D eigenvalue weighted by Crippen LogP contribution is 2.21. The van der Waals surface area contributed by atoms with Gasteiger partial charge in [0.15, 0.2) is 0 Å². The first-order valence-corrected chi connectivity index (χ1v) is 7.39. The molecular weight excluding hydrogens is 248 g/mol. The maximum Gasteiger partial charge on any atom is 0.0645 e. The van der Waals surface area contributed by atoms with E-state index in [4.69, 9.17) is 0 Å². The van der Waals surface area contributed by atoms with Crippen molar-refractivity contribution in [1.82, 2.24) is 20.0 Å². The summed E-state index contributed by atoms with van der Waals surface area (Å²) in [6.45, 7) is 6.75. The number of nitrogens with zero attached hydrogens (tertiary/aromatic N) is 3. The summed E-state index contributed by atoms with van der Waals surface area (Å²) in [5.74, 6) is 0. The van der Waals surface area contributed by atoms with Crippen LogP contribution in [0.25, 0.3) is 5.69 Å². The van der Waals surface area contributed by atoms with Crippen molar-refractivity contribution in [3.05, 3.63) is 48.3 Å². The molecule has 1 unspecified atom stereocenters. The molecule has 2 heterocycles. The molecule has 1 saturated heterocycles. The molecule has 4 heteroatoms. The summed E-state index contributed by atoms with van der Waals surface area (Å²) in [5, 5.41) is 7.95. The Bertz CT molecular complexity index is 526. The van der Waals surface area contributed by atoms with Gasteiger partial charge >= 0.3 is 0 Å². The van der Waals surface area contributed by atoms with Gasteiger partial charge in [-0.1, -0.05) is 18.2 Å². The molecule has 20 heavy (non-hydrogen) atoms. The number of benzene rings is 1. The van der Waals surface area contributed by atoms with Crippen molar-refractivity contribution in [2.75, 3.05) is 26.2 Å². The van der Waals surface area contributed by atoms with Crippen LogP contribution in [0.1, 0.15) is 24.9 Å². The molecule has 1 fully saturated rings. The lowest BCUT2D eigenvalue weighted by molar-refractivity contribution is 0.225. The highest BCUT2D eigenvalue weighted by molar-refractivity contribution is 5.31. The van der Waals surface area contributed by atoms with Gasteiger partial charge in [0.25, 0.3) is 0 Å². The summed E-state index contributed by atoms with van der Waals surface area (Å²) in [6.07, 6.45) is 5.37. The fourth-order valence-corrected chi connectivity index (χ4v) is 2.74. The minimum atomic E-state index is 0.423. The van der Waals surface area contributed by atoms with Crippen LogP contribution in [0.3, 0.4) is 0 Å². The summed E-state index contributed by atoms with van der Waals surface area (Å²) < 4.78 is 1.96. The summed E-state index contributed by atoms with van der Waals surface area (Å²) in [4.78, 5) is 2.53. The topological polar surface area (TPSA) is 33.1 Å². The predicted molar refractivity (Wildman–Crippen MR) is 81.0 cm³/mol. The Labute approximate surface area is 120 Å². The first kappa shape index (κ1) is 13.3. The molecule has 0 saturated carbocycles. The fraction of sp³-hybridized carbons (Fsp3) is 0.438. The second-order valence-electron chi connectivity index (χ2n) is 5.37. The van der Waals surface area contributed by atoms with Crippen LogP contribution in [0.15, 0.2) is 42.7 Å². The van der Waals surface area contributed by atoms with Gasteiger partial charge in [-0.25, -0.2) is 4.68 Å². The van der Waals surface area contributed by atoms with Crippen LogP contribution in [0.5, 0.6) is 0 Å². The van der Waals surface area contributed by atoms with Crippen LogP contribution in [0, 0.1) is 0 Å². The number of hydrogen-bond donors (Lipinski definition) is 1. The van der Waals surface area contributed by atoms with Gasteiger partial charge in [-0.2, -0.15) is 5.10 Å². The SMILES string of the molecule is CC(c1cnn(-c2ccccc2)c1)N1CCCNCC1. The molecule has 0 spiro atoms. The highest BCUT2D eigenvalue weighted by atomic mass is 15.3. The van der Waals surface area contributed by atoms with E-state index in [-0.39, 0.29) is 0 Å². The standard InChI is InChI=1S/C16H22N4/c1-14(19-10-5-8-17-9-11-19)15-12-18-20(13-15)16-6-3-2-4-7-16/h2-4,6-7,12-14,17H,5,8-11H2,1H3. The smallest absolute Gasteiger partial charge is 0.0645 e. The first-order chi connectivity index (χ1) is 9.84. The van der Waals surface area contributed by atoms with Gasteiger partial charge in [-0.3, -0.25) is 4.90 Å². The van der Waals surface area contributed by atoms with Gasteiger partial charge in [-0.05, 0) is 38.6 Å². The zero-order valence-electron chi connectivity index (χ0n) is 12.0. The number of aromatic nitrogens is 2. The van der Waals surface area contributed by atoms with Crippen molar-refractivity contribution >= 4 is 0 Å².